The molecule has 1 N–H and O–H groups in total. The molecular weight excluding hydrogens is 297 g/mol. The maximum Gasteiger partial charge on any atom is 0.346 e. The van der Waals surface area contributed by atoms with Crippen LogP contribution < -0.4 is 5.32 Å². The maximum atomic E-state index is 12.9. The number of imide groups is 1. The predicted octanol–water partition coefficient (Wildman–Crippen LogP) is 2.63. The van der Waals surface area contributed by atoms with E-state index >= 15 is 0 Å². The van der Waals surface area contributed by atoms with E-state index in [1.54, 1.807) is 31.2 Å². The second-order valence-corrected chi connectivity index (χ2v) is 5.33. The molecule has 0 unspecified atom stereocenters. The van der Waals surface area contributed by atoms with Gasteiger partial charge in [0, 0.05) is 0 Å². The minimum absolute atomic E-state index is 0.367. The zero-order chi connectivity index (χ0) is 16.4. The summed E-state index contributed by atoms with van der Waals surface area (Å²) in [6.07, 6.45) is 1.34. The van der Waals surface area contributed by atoms with Crippen LogP contribution in [0.3, 0.4) is 0 Å². The number of hydrogen-bond donors (Lipinski definition) is 1. The zero-order valence-electron chi connectivity index (χ0n) is 12.4. The Morgan fingerprint density at radius 2 is 1.74 bits per heavy atom. The minimum Gasteiger partial charge on any atom is -0.318 e. The van der Waals surface area contributed by atoms with E-state index in [1.165, 1.54) is 30.5 Å². The highest BCUT2D eigenvalue weighted by Crippen LogP contribution is 2.28. The molecule has 0 aliphatic carbocycles. The van der Waals surface area contributed by atoms with Crippen molar-refractivity contribution >= 4 is 18.2 Å². The number of hydrazone groups is 1. The molecule has 1 aliphatic rings. The normalized spacial score (nSPS) is 21.0. The van der Waals surface area contributed by atoms with Crippen molar-refractivity contribution in [3.8, 4) is 0 Å². The number of amides is 3. The van der Waals surface area contributed by atoms with Gasteiger partial charge in [0.2, 0.25) is 0 Å². The first-order valence-electron chi connectivity index (χ1n) is 7.02. The lowest BCUT2D eigenvalue weighted by Gasteiger charge is -2.20. The molecule has 2 aromatic rings. The van der Waals surface area contributed by atoms with Gasteiger partial charge in [-0.3, -0.25) is 4.79 Å². The van der Waals surface area contributed by atoms with Crippen LogP contribution in [0.25, 0.3) is 0 Å². The van der Waals surface area contributed by atoms with Gasteiger partial charge in [-0.25, -0.2) is 9.18 Å². The lowest BCUT2D eigenvalue weighted by atomic mass is 9.92. The Hall–Kier alpha value is -3.02. The molecule has 0 spiro atoms. The number of benzene rings is 2. The largest absolute Gasteiger partial charge is 0.346 e. The molecule has 1 aliphatic heterocycles. The maximum absolute atomic E-state index is 12.9. The molecule has 0 radical (unpaired) electrons. The van der Waals surface area contributed by atoms with Crippen LogP contribution in [0.1, 0.15) is 18.1 Å². The summed E-state index contributed by atoms with van der Waals surface area (Å²) < 4.78 is 12.9. The summed E-state index contributed by atoms with van der Waals surface area (Å²) in [6.45, 7) is 1.63. The molecule has 0 saturated carbocycles. The van der Waals surface area contributed by atoms with Gasteiger partial charge >= 0.3 is 6.03 Å². The van der Waals surface area contributed by atoms with Gasteiger partial charge in [-0.2, -0.15) is 5.10 Å². The van der Waals surface area contributed by atoms with Crippen LogP contribution in [0.5, 0.6) is 0 Å². The smallest absolute Gasteiger partial charge is 0.318 e. The molecule has 2 aromatic carbocycles. The van der Waals surface area contributed by atoms with Crippen molar-refractivity contribution in [3.63, 3.8) is 0 Å². The van der Waals surface area contributed by atoms with Crippen LogP contribution in [-0.4, -0.2) is 23.2 Å². The summed E-state index contributed by atoms with van der Waals surface area (Å²) >= 11 is 0. The Morgan fingerprint density at radius 1 is 1.09 bits per heavy atom. The first-order valence-corrected chi connectivity index (χ1v) is 7.02. The van der Waals surface area contributed by atoms with E-state index in [4.69, 9.17) is 0 Å². The summed E-state index contributed by atoms with van der Waals surface area (Å²) in [4.78, 5) is 24.7. The zero-order valence-corrected chi connectivity index (χ0v) is 12.4. The van der Waals surface area contributed by atoms with E-state index in [9.17, 15) is 14.0 Å². The van der Waals surface area contributed by atoms with Gasteiger partial charge in [-0.05, 0) is 30.2 Å². The number of nitrogens with one attached hydrogen (secondary N) is 1. The van der Waals surface area contributed by atoms with Crippen LogP contribution in [0, 0.1) is 5.82 Å². The molecule has 0 bridgehead atoms. The molecule has 0 aromatic heterocycles. The molecule has 1 saturated heterocycles. The van der Waals surface area contributed by atoms with Gasteiger partial charge in [0.25, 0.3) is 5.91 Å². The molecule has 1 fully saturated rings. The average Bonchev–Trinajstić information content (AvgIpc) is 2.78. The van der Waals surface area contributed by atoms with Crippen LogP contribution in [0.15, 0.2) is 59.7 Å². The van der Waals surface area contributed by atoms with Crippen molar-refractivity contribution < 1.29 is 14.0 Å². The fraction of sp³-hybridized carbons (Fsp3) is 0.118. The monoisotopic (exact) mass is 311 g/mol. The van der Waals surface area contributed by atoms with E-state index in [0.29, 0.717) is 11.1 Å². The van der Waals surface area contributed by atoms with Crippen molar-refractivity contribution in [2.45, 2.75) is 12.5 Å². The summed E-state index contributed by atoms with van der Waals surface area (Å²) in [5.41, 5.74) is 0.108. The molecule has 116 valence electrons. The fourth-order valence-electron chi connectivity index (χ4n) is 2.37. The van der Waals surface area contributed by atoms with Crippen molar-refractivity contribution in [1.82, 2.24) is 10.3 Å². The Morgan fingerprint density at radius 3 is 2.39 bits per heavy atom. The molecule has 1 heterocycles. The van der Waals surface area contributed by atoms with Crippen molar-refractivity contribution in [3.05, 3.63) is 71.5 Å². The minimum atomic E-state index is -1.15. The average molecular weight is 311 g/mol. The SMILES string of the molecule is C[C@]1(c2ccccc2)NC(=O)N(/N=C\c2ccc(F)cc2)C1=O. The number of carbonyl (C=O) groups excluding carboxylic acids is 2. The number of urea groups is 1. The second kappa shape index (κ2) is 5.64. The van der Waals surface area contributed by atoms with Crippen molar-refractivity contribution in [1.29, 1.82) is 0 Å². The van der Waals surface area contributed by atoms with Gasteiger partial charge in [-0.1, -0.05) is 42.5 Å². The Labute approximate surface area is 132 Å². The quantitative estimate of drug-likeness (QED) is 0.699. The van der Waals surface area contributed by atoms with Crippen molar-refractivity contribution in [2.24, 2.45) is 5.10 Å². The van der Waals surface area contributed by atoms with Crippen LogP contribution in [0.4, 0.5) is 9.18 Å². The standard InChI is InChI=1S/C17H14FN3O2/c1-17(13-5-3-2-4-6-13)15(22)21(16(23)20-17)19-11-12-7-9-14(18)10-8-12/h2-11H,1H3,(H,20,23)/b19-11-/t17-/m1/s1. The number of halogens is 1. The van der Waals surface area contributed by atoms with E-state index < -0.39 is 17.5 Å². The number of hydrogen-bond acceptors (Lipinski definition) is 3. The summed E-state index contributed by atoms with van der Waals surface area (Å²) in [7, 11) is 0. The van der Waals surface area contributed by atoms with Gasteiger partial charge in [0.1, 0.15) is 11.4 Å². The first kappa shape index (κ1) is 14.9. The van der Waals surface area contributed by atoms with Crippen LogP contribution in [0.2, 0.25) is 0 Å². The summed E-state index contributed by atoms with van der Waals surface area (Å²) in [5.74, 6) is -0.833. The van der Waals surface area contributed by atoms with Gasteiger partial charge in [-0.15, -0.1) is 5.01 Å². The fourth-order valence-corrected chi connectivity index (χ4v) is 2.37. The third kappa shape index (κ3) is 2.70. The third-order valence-electron chi connectivity index (χ3n) is 3.71. The number of carbonyl (C=O) groups is 2. The Kier molecular flexibility index (Phi) is 3.65. The topological polar surface area (TPSA) is 61.8 Å². The molecule has 3 amide bonds. The summed E-state index contributed by atoms with van der Waals surface area (Å²) in [6, 6.07) is 13.9. The highest BCUT2D eigenvalue weighted by atomic mass is 19.1. The predicted molar refractivity (Wildman–Crippen MR) is 83.2 cm³/mol. The van der Waals surface area contributed by atoms with Gasteiger partial charge < -0.3 is 5.32 Å². The van der Waals surface area contributed by atoms with Crippen molar-refractivity contribution in [2.75, 3.05) is 0 Å². The molecule has 1 atom stereocenters. The molecule has 6 heteroatoms. The van der Waals surface area contributed by atoms with E-state index in [0.717, 1.165) is 5.01 Å². The Balaban J connectivity index is 1.86. The van der Waals surface area contributed by atoms with E-state index in [-0.39, 0.29) is 5.82 Å². The first-order chi connectivity index (χ1) is 11.0. The number of rotatable bonds is 3. The van der Waals surface area contributed by atoms with E-state index in [1.807, 2.05) is 6.07 Å². The Bertz CT molecular complexity index is 774. The third-order valence-corrected chi connectivity index (χ3v) is 3.71. The van der Waals surface area contributed by atoms with Gasteiger partial charge in [0.15, 0.2) is 0 Å². The number of nitrogens with zero attached hydrogens (tertiary/aromatic N) is 2. The molecule has 3 rings (SSSR count). The molecule has 5 nitrogen and oxygen atoms in total. The molecule has 23 heavy (non-hydrogen) atoms. The highest BCUT2D eigenvalue weighted by Gasteiger charge is 2.49. The lowest BCUT2D eigenvalue weighted by Crippen LogP contribution is -2.40. The van der Waals surface area contributed by atoms with Crippen LogP contribution >= 0.6 is 0 Å². The van der Waals surface area contributed by atoms with Crippen LogP contribution in [-0.2, 0) is 10.3 Å². The highest BCUT2D eigenvalue weighted by molar-refractivity contribution is 6.07. The van der Waals surface area contributed by atoms with E-state index in [2.05, 4.69) is 10.4 Å². The van der Waals surface area contributed by atoms with Gasteiger partial charge in [0.05, 0.1) is 6.21 Å². The molecular formula is C17H14FN3O2. The summed E-state index contributed by atoms with van der Waals surface area (Å²) in [5, 5.41) is 7.37. The second-order valence-electron chi connectivity index (χ2n) is 5.33. The lowest BCUT2D eigenvalue weighted by molar-refractivity contribution is -0.131.